The first-order chi connectivity index (χ1) is 17.2. The van der Waals surface area contributed by atoms with Gasteiger partial charge in [-0.1, -0.05) is 30.3 Å². The van der Waals surface area contributed by atoms with Crippen LogP contribution in [0.2, 0.25) is 0 Å². The maximum Gasteiger partial charge on any atom is 0.251 e. The minimum atomic E-state index is 0.134. The smallest absolute Gasteiger partial charge is 0.251 e. The molecule has 0 spiro atoms. The van der Waals surface area contributed by atoms with E-state index in [2.05, 4.69) is 40.7 Å². The van der Waals surface area contributed by atoms with Gasteiger partial charge in [0.2, 0.25) is 5.89 Å². The Balaban J connectivity index is 1.27. The summed E-state index contributed by atoms with van der Waals surface area (Å²) >= 11 is 0. The Morgan fingerprint density at radius 3 is 2.26 bits per heavy atom. The summed E-state index contributed by atoms with van der Waals surface area (Å²) in [6.45, 7) is 0. The minimum absolute atomic E-state index is 0.134. The van der Waals surface area contributed by atoms with Gasteiger partial charge >= 0.3 is 0 Å². The number of rotatable bonds is 6. The summed E-state index contributed by atoms with van der Waals surface area (Å²) in [6, 6.07) is 18.3. The second-order valence-electron chi connectivity index (χ2n) is 10.9. The Morgan fingerprint density at radius 2 is 1.60 bits per heavy atom. The van der Waals surface area contributed by atoms with Gasteiger partial charge < -0.3 is 9.15 Å². The van der Waals surface area contributed by atoms with Crippen molar-refractivity contribution in [2.24, 2.45) is 17.8 Å². The highest BCUT2D eigenvalue weighted by Gasteiger charge is 2.53. The third-order valence-corrected chi connectivity index (χ3v) is 8.49. The number of methoxy groups -OCH3 is 1. The van der Waals surface area contributed by atoms with Crippen molar-refractivity contribution in [3.8, 4) is 22.9 Å². The minimum Gasteiger partial charge on any atom is -0.497 e. The summed E-state index contributed by atoms with van der Waals surface area (Å²) in [7, 11) is 1.68. The number of hydrogen-bond acceptors (Lipinski definition) is 5. The van der Waals surface area contributed by atoms with E-state index in [9.17, 15) is 0 Å². The van der Waals surface area contributed by atoms with E-state index >= 15 is 0 Å². The van der Waals surface area contributed by atoms with E-state index in [1.807, 2.05) is 35.0 Å². The van der Waals surface area contributed by atoms with Crippen LogP contribution in [0.25, 0.3) is 17.1 Å². The summed E-state index contributed by atoms with van der Waals surface area (Å²) in [5.74, 6) is 4.56. The first kappa shape index (κ1) is 20.9. The van der Waals surface area contributed by atoms with Crippen LogP contribution in [0, 0.1) is 17.8 Å². The molecule has 0 atom stereocenters. The van der Waals surface area contributed by atoms with Crippen molar-refractivity contribution < 1.29 is 9.15 Å². The highest BCUT2D eigenvalue weighted by Crippen LogP contribution is 2.61. The molecule has 8 rings (SSSR count). The second-order valence-corrected chi connectivity index (χ2v) is 10.9. The molecule has 6 nitrogen and oxygen atoms in total. The van der Waals surface area contributed by atoms with Crippen LogP contribution in [-0.2, 0) is 11.8 Å². The van der Waals surface area contributed by atoms with Crippen molar-refractivity contribution >= 4 is 0 Å². The van der Waals surface area contributed by atoms with Crippen LogP contribution < -0.4 is 4.74 Å². The van der Waals surface area contributed by atoms with Gasteiger partial charge in [-0.2, -0.15) is 5.10 Å². The van der Waals surface area contributed by atoms with E-state index in [-0.39, 0.29) is 5.41 Å². The average molecular weight is 467 g/mol. The zero-order valence-electron chi connectivity index (χ0n) is 20.1. The molecular formula is C29H30N4O2. The molecule has 0 amide bonds. The van der Waals surface area contributed by atoms with Gasteiger partial charge in [-0.3, -0.25) is 0 Å². The van der Waals surface area contributed by atoms with Crippen LogP contribution in [0.1, 0.15) is 55.7 Å². The molecule has 178 valence electrons. The first-order valence-corrected chi connectivity index (χ1v) is 12.8. The summed E-state index contributed by atoms with van der Waals surface area (Å²) in [4.78, 5) is 0. The number of hydrogen-bond donors (Lipinski definition) is 0. The fourth-order valence-electron chi connectivity index (χ4n) is 7.39. The van der Waals surface area contributed by atoms with Gasteiger partial charge in [-0.05, 0) is 86.1 Å². The van der Waals surface area contributed by atoms with E-state index in [1.165, 1.54) is 44.2 Å². The number of para-hydroxylation sites is 1. The maximum absolute atomic E-state index is 6.28. The van der Waals surface area contributed by atoms with Crippen LogP contribution in [-0.4, -0.2) is 27.1 Å². The SMILES string of the molecule is COc1ccc(Cc2nnc(-c3cn(-c4ccccc4)nc3C34CC5CC(CC(C5)C3)C4)o2)cc1. The summed E-state index contributed by atoms with van der Waals surface area (Å²) in [5, 5.41) is 14.2. The molecule has 4 bridgehead atoms. The summed E-state index contributed by atoms with van der Waals surface area (Å²) < 4.78 is 13.6. The standard InChI is InChI=1S/C29H30N4O2/c1-34-24-9-7-19(8-10-24)14-26-30-31-28(35-26)25-18-33(23-5-3-2-4-6-23)32-27(25)29-15-20-11-21(16-29)13-22(12-20)17-29/h2-10,18,20-22H,11-17H2,1H3. The number of ether oxygens (including phenoxy) is 1. The van der Waals surface area contributed by atoms with Gasteiger partial charge in [0.15, 0.2) is 0 Å². The van der Waals surface area contributed by atoms with E-state index in [1.54, 1.807) is 7.11 Å². The monoisotopic (exact) mass is 466 g/mol. The summed E-state index contributed by atoms with van der Waals surface area (Å²) in [6.07, 6.45) is 10.6. The molecule has 4 aromatic rings. The van der Waals surface area contributed by atoms with Crippen molar-refractivity contribution in [3.63, 3.8) is 0 Å². The lowest BCUT2D eigenvalue weighted by Gasteiger charge is -2.56. The Bertz CT molecular complexity index is 1300. The number of benzene rings is 2. The van der Waals surface area contributed by atoms with Gasteiger partial charge in [-0.15, -0.1) is 10.2 Å². The lowest BCUT2D eigenvalue weighted by atomic mass is 9.48. The van der Waals surface area contributed by atoms with Gasteiger partial charge in [0, 0.05) is 11.6 Å². The molecule has 0 radical (unpaired) electrons. The normalized spacial score (nSPS) is 26.8. The van der Waals surface area contributed by atoms with Gasteiger partial charge in [-0.25, -0.2) is 4.68 Å². The Labute approximate surface area is 205 Å². The molecule has 35 heavy (non-hydrogen) atoms. The molecule has 2 aromatic carbocycles. The Hall–Kier alpha value is -3.41. The molecule has 2 aromatic heterocycles. The van der Waals surface area contributed by atoms with Crippen LogP contribution in [0.5, 0.6) is 5.75 Å². The second kappa shape index (κ2) is 8.08. The molecule has 2 heterocycles. The lowest BCUT2D eigenvalue weighted by Crippen LogP contribution is -2.49. The van der Waals surface area contributed by atoms with Gasteiger partial charge in [0.25, 0.3) is 5.89 Å². The molecule has 6 heteroatoms. The molecule has 0 saturated heterocycles. The van der Waals surface area contributed by atoms with E-state index in [0.717, 1.165) is 40.3 Å². The van der Waals surface area contributed by atoms with Crippen LogP contribution in [0.3, 0.4) is 0 Å². The zero-order chi connectivity index (χ0) is 23.4. The van der Waals surface area contributed by atoms with Crippen molar-refractivity contribution in [2.45, 2.75) is 50.4 Å². The third kappa shape index (κ3) is 3.67. The van der Waals surface area contributed by atoms with Crippen LogP contribution >= 0.6 is 0 Å². The predicted octanol–water partition coefficient (Wildman–Crippen LogP) is 5.99. The largest absolute Gasteiger partial charge is 0.497 e. The molecule has 4 fully saturated rings. The van der Waals surface area contributed by atoms with Crippen LogP contribution in [0.15, 0.2) is 65.2 Å². The molecule has 0 unspecified atom stereocenters. The van der Waals surface area contributed by atoms with Crippen LogP contribution in [0.4, 0.5) is 0 Å². The molecule has 0 aliphatic heterocycles. The van der Waals surface area contributed by atoms with Crippen molar-refractivity contribution in [1.82, 2.24) is 20.0 Å². The third-order valence-electron chi connectivity index (χ3n) is 8.49. The first-order valence-electron chi connectivity index (χ1n) is 12.8. The van der Waals surface area contributed by atoms with E-state index in [0.29, 0.717) is 18.2 Å². The van der Waals surface area contributed by atoms with Crippen molar-refractivity contribution in [3.05, 3.63) is 77.9 Å². The fraction of sp³-hybridized carbons (Fsp3) is 0.414. The highest BCUT2D eigenvalue weighted by molar-refractivity contribution is 5.59. The molecule has 4 saturated carbocycles. The average Bonchev–Trinajstić information content (AvgIpc) is 3.52. The maximum atomic E-state index is 6.28. The topological polar surface area (TPSA) is 66.0 Å². The van der Waals surface area contributed by atoms with Gasteiger partial charge in [0.05, 0.1) is 30.5 Å². The number of nitrogens with zero attached hydrogens (tertiary/aromatic N) is 4. The number of aromatic nitrogens is 4. The van der Waals surface area contributed by atoms with Crippen molar-refractivity contribution in [1.29, 1.82) is 0 Å². The molecule has 4 aliphatic rings. The van der Waals surface area contributed by atoms with E-state index < -0.39 is 0 Å². The molecule has 0 N–H and O–H groups in total. The molecule has 4 aliphatic carbocycles. The van der Waals surface area contributed by atoms with E-state index in [4.69, 9.17) is 14.3 Å². The molecular weight excluding hydrogens is 436 g/mol. The zero-order valence-corrected chi connectivity index (χ0v) is 20.1. The van der Waals surface area contributed by atoms with Crippen molar-refractivity contribution in [2.75, 3.05) is 7.11 Å². The van der Waals surface area contributed by atoms with Gasteiger partial charge in [0.1, 0.15) is 5.75 Å². The quantitative estimate of drug-likeness (QED) is 0.349. The lowest BCUT2D eigenvalue weighted by molar-refractivity contribution is -0.00714. The fourth-order valence-corrected chi connectivity index (χ4v) is 7.39. The summed E-state index contributed by atoms with van der Waals surface area (Å²) in [5.41, 5.74) is 4.48. The predicted molar refractivity (Wildman–Crippen MR) is 133 cm³/mol. The Morgan fingerprint density at radius 1 is 0.914 bits per heavy atom. The highest BCUT2D eigenvalue weighted by atomic mass is 16.5. The Kier molecular flexibility index (Phi) is 4.83.